The van der Waals surface area contributed by atoms with Crippen LogP contribution in [0.15, 0.2) is 18.2 Å². The van der Waals surface area contributed by atoms with Gasteiger partial charge in [0.2, 0.25) is 0 Å². The minimum Gasteiger partial charge on any atom is -0.388 e. The zero-order valence-electron chi connectivity index (χ0n) is 14.1. The first-order valence-corrected chi connectivity index (χ1v) is 8.81. The highest BCUT2D eigenvalue weighted by Crippen LogP contribution is 2.41. The van der Waals surface area contributed by atoms with Crippen LogP contribution in [0, 0.1) is 0 Å². The van der Waals surface area contributed by atoms with Gasteiger partial charge in [-0.1, -0.05) is 0 Å². The first-order chi connectivity index (χ1) is 10.8. The van der Waals surface area contributed by atoms with Gasteiger partial charge < -0.3 is 15.1 Å². The molecule has 0 bridgehead atoms. The highest BCUT2D eigenvalue weighted by Gasteiger charge is 2.27. The number of nitrogens with zero attached hydrogens (tertiary/aromatic N) is 2. The fraction of sp³-hybridized carbons (Fsp3) is 0.500. The maximum Gasteiger partial charge on any atom is 0.124 e. The second kappa shape index (κ2) is 5.89. The van der Waals surface area contributed by atoms with E-state index in [-0.39, 0.29) is 0 Å². The van der Waals surface area contributed by atoms with E-state index in [0.29, 0.717) is 0 Å². The summed E-state index contributed by atoms with van der Waals surface area (Å²) < 4.78 is 0. The number of anilines is 1. The minimum absolute atomic E-state index is 0.392. The Morgan fingerprint density at radius 1 is 1.30 bits per heavy atom. The molecule has 0 amide bonds. The topological polar surface area (TPSA) is 56.6 Å². The lowest BCUT2D eigenvalue weighted by molar-refractivity contribution is 0.0792. The normalized spacial score (nSPS) is 17.9. The lowest BCUT2D eigenvalue weighted by atomic mass is 9.92. The summed E-state index contributed by atoms with van der Waals surface area (Å²) in [6.07, 6.45) is 2.33. The Morgan fingerprint density at radius 2 is 2.04 bits per heavy atom. The van der Waals surface area contributed by atoms with Gasteiger partial charge in [-0.25, -0.2) is 4.98 Å². The molecule has 4 nitrogen and oxygen atoms in total. The van der Waals surface area contributed by atoms with E-state index >= 15 is 0 Å². The van der Waals surface area contributed by atoms with Crippen LogP contribution >= 0.6 is 11.3 Å². The van der Waals surface area contributed by atoms with Crippen LogP contribution in [0.2, 0.25) is 0 Å². The molecule has 3 rings (SSSR count). The molecule has 0 fully saturated rings. The molecule has 1 unspecified atom stereocenters. The predicted molar refractivity (Wildman–Crippen MR) is 95.0 cm³/mol. The molecule has 0 spiro atoms. The zero-order valence-corrected chi connectivity index (χ0v) is 14.9. The van der Waals surface area contributed by atoms with Crippen LogP contribution < -0.4 is 4.90 Å². The second-order valence-electron chi connectivity index (χ2n) is 6.92. The van der Waals surface area contributed by atoms with Gasteiger partial charge in [0.25, 0.3) is 0 Å². The molecule has 2 N–H and O–H groups in total. The number of aromatic nitrogens is 1. The third-order valence-corrected chi connectivity index (χ3v) is 5.56. The quantitative estimate of drug-likeness (QED) is 0.903. The molecule has 1 aliphatic rings. The molecule has 0 aliphatic heterocycles. The lowest BCUT2D eigenvalue weighted by Crippen LogP contribution is -2.18. The Balaban J connectivity index is 2.13. The Kier molecular flexibility index (Phi) is 4.21. The van der Waals surface area contributed by atoms with Crippen molar-refractivity contribution in [1.29, 1.82) is 0 Å². The molecule has 1 heterocycles. The van der Waals surface area contributed by atoms with E-state index in [2.05, 4.69) is 0 Å². The first-order valence-electron chi connectivity index (χ1n) is 7.99. The van der Waals surface area contributed by atoms with Crippen LogP contribution in [0.5, 0.6) is 0 Å². The number of hydrogen-bond acceptors (Lipinski definition) is 5. The highest BCUT2D eigenvalue weighted by molar-refractivity contribution is 7.15. The molecule has 124 valence electrons. The zero-order chi connectivity index (χ0) is 16.8. The Hall–Kier alpha value is -1.43. The maximum absolute atomic E-state index is 10.6. The van der Waals surface area contributed by atoms with Crippen molar-refractivity contribution in [3.63, 3.8) is 0 Å². The number of fused-ring (bicyclic) bond motifs is 1. The molecular weight excluding hydrogens is 308 g/mol. The van der Waals surface area contributed by atoms with Crippen LogP contribution in [0.4, 0.5) is 5.69 Å². The van der Waals surface area contributed by atoms with Gasteiger partial charge in [0.05, 0.1) is 22.3 Å². The van der Waals surface area contributed by atoms with E-state index in [1.165, 1.54) is 0 Å². The summed E-state index contributed by atoms with van der Waals surface area (Å²) in [6, 6.07) is 6.09. The van der Waals surface area contributed by atoms with Gasteiger partial charge in [-0.15, -0.1) is 11.3 Å². The van der Waals surface area contributed by atoms with Crippen molar-refractivity contribution in [3.8, 4) is 10.6 Å². The SMILES string of the molecule is CN(C)c1ccc(-c2nc3c(s2)C(O)CCC3)c(C(C)(C)O)c1. The number of aliphatic hydroxyl groups is 2. The van der Waals surface area contributed by atoms with Crippen LogP contribution in [0.3, 0.4) is 0 Å². The summed E-state index contributed by atoms with van der Waals surface area (Å²) in [4.78, 5) is 7.77. The molecule has 0 saturated heterocycles. The molecule has 1 aliphatic carbocycles. The van der Waals surface area contributed by atoms with E-state index in [9.17, 15) is 10.2 Å². The van der Waals surface area contributed by atoms with Gasteiger partial charge in [0.15, 0.2) is 0 Å². The summed E-state index contributed by atoms with van der Waals surface area (Å²) in [6.45, 7) is 3.60. The smallest absolute Gasteiger partial charge is 0.124 e. The number of aliphatic hydroxyl groups excluding tert-OH is 1. The summed E-state index contributed by atoms with van der Waals surface area (Å²) >= 11 is 1.56. The number of benzene rings is 1. The Morgan fingerprint density at radius 3 is 2.65 bits per heavy atom. The van der Waals surface area contributed by atoms with Crippen molar-refractivity contribution in [3.05, 3.63) is 34.3 Å². The predicted octanol–water partition coefficient (Wildman–Crippen LogP) is 3.47. The highest BCUT2D eigenvalue weighted by atomic mass is 32.1. The van der Waals surface area contributed by atoms with E-state index in [1.54, 1.807) is 25.2 Å². The third-order valence-electron chi connectivity index (χ3n) is 4.33. The standard InChI is InChI=1S/C18H24N2O2S/c1-18(2,22)13-10-11(20(3)4)8-9-12(13)17-19-14-6-5-7-15(21)16(14)23-17/h8-10,15,21-22H,5-7H2,1-4H3. The maximum atomic E-state index is 10.6. The van der Waals surface area contributed by atoms with E-state index in [0.717, 1.165) is 51.7 Å². The lowest BCUT2D eigenvalue weighted by Gasteiger charge is -2.23. The molecule has 1 aromatic heterocycles. The molecule has 5 heteroatoms. The summed E-state index contributed by atoms with van der Waals surface area (Å²) in [7, 11) is 3.98. The molecule has 23 heavy (non-hydrogen) atoms. The summed E-state index contributed by atoms with van der Waals surface area (Å²) in [5, 5.41) is 21.7. The number of rotatable bonds is 3. The first kappa shape index (κ1) is 16.4. The van der Waals surface area contributed by atoms with Crippen molar-refractivity contribution >= 4 is 17.0 Å². The minimum atomic E-state index is -0.952. The average molecular weight is 332 g/mol. The van der Waals surface area contributed by atoms with Gasteiger partial charge in [0, 0.05) is 25.3 Å². The van der Waals surface area contributed by atoms with Crippen molar-refractivity contribution < 1.29 is 10.2 Å². The number of thiazole rings is 1. The van der Waals surface area contributed by atoms with Crippen LogP contribution in [0.25, 0.3) is 10.6 Å². The van der Waals surface area contributed by atoms with Gasteiger partial charge in [-0.05, 0) is 56.9 Å². The van der Waals surface area contributed by atoms with Crippen molar-refractivity contribution in [2.75, 3.05) is 19.0 Å². The Labute approximate surface area is 141 Å². The van der Waals surface area contributed by atoms with Gasteiger partial charge in [0.1, 0.15) is 5.01 Å². The molecule has 0 radical (unpaired) electrons. The van der Waals surface area contributed by atoms with Crippen LogP contribution in [-0.4, -0.2) is 29.3 Å². The Bertz CT molecular complexity index is 716. The van der Waals surface area contributed by atoms with E-state index in [1.807, 2.05) is 37.2 Å². The van der Waals surface area contributed by atoms with Crippen LogP contribution in [0.1, 0.15) is 48.9 Å². The van der Waals surface area contributed by atoms with Crippen molar-refractivity contribution in [2.45, 2.75) is 44.8 Å². The largest absolute Gasteiger partial charge is 0.388 e. The molecule has 1 aromatic carbocycles. The molecule has 1 atom stereocenters. The van der Waals surface area contributed by atoms with Crippen molar-refractivity contribution in [2.24, 2.45) is 0 Å². The van der Waals surface area contributed by atoms with Gasteiger partial charge in [-0.3, -0.25) is 0 Å². The molecular formula is C18H24N2O2S. The van der Waals surface area contributed by atoms with E-state index in [4.69, 9.17) is 4.98 Å². The number of aryl methyl sites for hydroxylation is 1. The van der Waals surface area contributed by atoms with Crippen molar-refractivity contribution in [1.82, 2.24) is 4.98 Å². The van der Waals surface area contributed by atoms with Crippen LogP contribution in [-0.2, 0) is 12.0 Å². The van der Waals surface area contributed by atoms with Gasteiger partial charge in [-0.2, -0.15) is 0 Å². The molecule has 2 aromatic rings. The summed E-state index contributed by atoms with van der Waals surface area (Å²) in [5.74, 6) is 0. The fourth-order valence-electron chi connectivity index (χ4n) is 3.02. The fourth-order valence-corrected chi connectivity index (χ4v) is 4.19. The monoisotopic (exact) mass is 332 g/mol. The average Bonchev–Trinajstić information content (AvgIpc) is 2.91. The summed E-state index contributed by atoms with van der Waals surface area (Å²) in [5.41, 5.74) is 2.93. The van der Waals surface area contributed by atoms with E-state index < -0.39 is 11.7 Å². The second-order valence-corrected chi connectivity index (χ2v) is 7.95. The molecule has 0 saturated carbocycles. The van der Waals surface area contributed by atoms with Gasteiger partial charge >= 0.3 is 0 Å². The number of hydrogen-bond donors (Lipinski definition) is 2. The third kappa shape index (κ3) is 3.13.